The molecular formula is C14H12N2O3. The second-order valence-corrected chi connectivity index (χ2v) is 4.57. The van der Waals surface area contributed by atoms with E-state index in [1.165, 1.54) is 0 Å². The zero-order valence-corrected chi connectivity index (χ0v) is 10.3. The Bertz CT molecular complexity index is 692. The third-order valence-corrected chi connectivity index (χ3v) is 3.22. The van der Waals surface area contributed by atoms with Gasteiger partial charge in [-0.2, -0.15) is 0 Å². The lowest BCUT2D eigenvalue weighted by atomic mass is 9.87. The van der Waals surface area contributed by atoms with Crippen molar-refractivity contribution in [3.63, 3.8) is 0 Å². The standard InChI is InChI=1S/C14H12N2O3/c1-8-6-11-13(14(18)16-8)10(7-12(17)19-11)9-2-4-15-5-3-9/h2-6,10H,7H2,1H3,(H,16,18)/t10-/m1/s1. The normalized spacial score (nSPS) is 17.7. The molecule has 3 rings (SSSR count). The smallest absolute Gasteiger partial charge is 0.312 e. The van der Waals surface area contributed by atoms with E-state index < -0.39 is 0 Å². The zero-order valence-electron chi connectivity index (χ0n) is 10.3. The molecule has 0 unspecified atom stereocenters. The summed E-state index contributed by atoms with van der Waals surface area (Å²) in [7, 11) is 0. The number of ether oxygens (including phenoxy) is 1. The van der Waals surface area contributed by atoms with Crippen LogP contribution in [0.5, 0.6) is 5.75 Å². The molecule has 1 aliphatic heterocycles. The van der Waals surface area contributed by atoms with Gasteiger partial charge >= 0.3 is 5.97 Å². The SMILES string of the molecule is Cc1cc2c(c(=O)[nH]1)[C@@H](c1ccncc1)CC(=O)O2. The molecule has 1 atom stereocenters. The van der Waals surface area contributed by atoms with Crippen LogP contribution in [-0.2, 0) is 4.79 Å². The van der Waals surface area contributed by atoms with Crippen molar-refractivity contribution in [1.29, 1.82) is 0 Å². The number of aryl methyl sites for hydroxylation is 1. The fourth-order valence-corrected chi connectivity index (χ4v) is 2.40. The number of fused-ring (bicyclic) bond motifs is 1. The van der Waals surface area contributed by atoms with Crippen LogP contribution in [0.1, 0.15) is 29.2 Å². The lowest BCUT2D eigenvalue weighted by Gasteiger charge is -2.23. The van der Waals surface area contributed by atoms with E-state index in [2.05, 4.69) is 9.97 Å². The largest absolute Gasteiger partial charge is 0.426 e. The van der Waals surface area contributed by atoms with Crippen LogP contribution >= 0.6 is 0 Å². The molecule has 5 heteroatoms. The molecule has 96 valence electrons. The van der Waals surface area contributed by atoms with Gasteiger partial charge in [0.1, 0.15) is 5.75 Å². The topological polar surface area (TPSA) is 72.0 Å². The number of nitrogens with one attached hydrogen (secondary N) is 1. The van der Waals surface area contributed by atoms with Crippen molar-refractivity contribution in [2.24, 2.45) is 0 Å². The molecule has 0 amide bonds. The van der Waals surface area contributed by atoms with E-state index >= 15 is 0 Å². The van der Waals surface area contributed by atoms with Crippen molar-refractivity contribution in [3.05, 3.63) is 57.8 Å². The van der Waals surface area contributed by atoms with Gasteiger partial charge in [0.15, 0.2) is 0 Å². The van der Waals surface area contributed by atoms with E-state index in [0.717, 1.165) is 5.56 Å². The summed E-state index contributed by atoms with van der Waals surface area (Å²) < 4.78 is 5.17. The number of carbonyl (C=O) groups is 1. The van der Waals surface area contributed by atoms with Gasteiger partial charge in [-0.25, -0.2) is 0 Å². The van der Waals surface area contributed by atoms with E-state index in [0.29, 0.717) is 17.0 Å². The number of H-pyrrole nitrogens is 1. The number of hydrogen-bond acceptors (Lipinski definition) is 4. The van der Waals surface area contributed by atoms with Crippen molar-refractivity contribution in [2.75, 3.05) is 0 Å². The van der Waals surface area contributed by atoms with Crippen molar-refractivity contribution in [2.45, 2.75) is 19.3 Å². The van der Waals surface area contributed by atoms with Crippen LogP contribution in [0.3, 0.4) is 0 Å². The van der Waals surface area contributed by atoms with Crippen molar-refractivity contribution in [1.82, 2.24) is 9.97 Å². The number of aromatic amines is 1. The maximum Gasteiger partial charge on any atom is 0.312 e. The number of nitrogens with zero attached hydrogens (tertiary/aromatic N) is 1. The number of rotatable bonds is 1. The molecule has 2 aromatic rings. The molecule has 0 saturated heterocycles. The van der Waals surface area contributed by atoms with Gasteiger partial charge in [0.05, 0.1) is 12.0 Å². The van der Waals surface area contributed by atoms with E-state index in [4.69, 9.17) is 4.74 Å². The Labute approximate surface area is 109 Å². The number of carbonyl (C=O) groups excluding carboxylic acids is 1. The first-order chi connectivity index (χ1) is 9.15. The van der Waals surface area contributed by atoms with Crippen LogP contribution in [0.4, 0.5) is 0 Å². The molecule has 2 aromatic heterocycles. The van der Waals surface area contributed by atoms with Crippen LogP contribution in [0.15, 0.2) is 35.4 Å². The van der Waals surface area contributed by atoms with Gasteiger partial charge in [-0.15, -0.1) is 0 Å². The third kappa shape index (κ3) is 2.03. The second-order valence-electron chi connectivity index (χ2n) is 4.57. The van der Waals surface area contributed by atoms with Crippen molar-refractivity contribution < 1.29 is 9.53 Å². The molecule has 0 radical (unpaired) electrons. The lowest BCUT2D eigenvalue weighted by molar-refractivity contribution is -0.135. The van der Waals surface area contributed by atoms with Gasteiger partial charge in [-0.1, -0.05) is 0 Å². The number of hydrogen-bond donors (Lipinski definition) is 1. The highest BCUT2D eigenvalue weighted by atomic mass is 16.5. The Kier molecular flexibility index (Phi) is 2.67. The van der Waals surface area contributed by atoms with Gasteiger partial charge in [0.2, 0.25) is 0 Å². The molecule has 0 fully saturated rings. The number of aromatic nitrogens is 2. The molecule has 5 nitrogen and oxygen atoms in total. The highest BCUT2D eigenvalue weighted by Crippen LogP contribution is 2.36. The summed E-state index contributed by atoms with van der Waals surface area (Å²) in [5.74, 6) is -0.234. The van der Waals surface area contributed by atoms with Crippen molar-refractivity contribution in [3.8, 4) is 5.75 Å². The van der Waals surface area contributed by atoms with E-state index in [9.17, 15) is 9.59 Å². The van der Waals surface area contributed by atoms with Gasteiger partial charge in [-0.05, 0) is 24.6 Å². The lowest BCUT2D eigenvalue weighted by Crippen LogP contribution is -2.28. The van der Waals surface area contributed by atoms with Crippen LogP contribution in [0.2, 0.25) is 0 Å². The first-order valence-corrected chi connectivity index (χ1v) is 5.99. The molecule has 0 aromatic carbocycles. The summed E-state index contributed by atoms with van der Waals surface area (Å²) in [6, 6.07) is 5.31. The Balaban J connectivity index is 2.20. The summed E-state index contributed by atoms with van der Waals surface area (Å²) in [5, 5.41) is 0. The van der Waals surface area contributed by atoms with Crippen molar-refractivity contribution >= 4 is 5.97 Å². The fraction of sp³-hybridized carbons (Fsp3) is 0.214. The van der Waals surface area contributed by atoms with Crippen LogP contribution in [-0.4, -0.2) is 15.9 Å². The number of pyridine rings is 2. The third-order valence-electron chi connectivity index (χ3n) is 3.22. The molecule has 19 heavy (non-hydrogen) atoms. The Morgan fingerprint density at radius 1 is 1.32 bits per heavy atom. The molecular weight excluding hydrogens is 244 g/mol. The summed E-state index contributed by atoms with van der Waals surface area (Å²) in [6.07, 6.45) is 3.47. The van der Waals surface area contributed by atoms with E-state index in [1.54, 1.807) is 25.4 Å². The molecule has 0 spiro atoms. The summed E-state index contributed by atoms with van der Waals surface area (Å²) in [4.78, 5) is 30.5. The van der Waals surface area contributed by atoms with Gasteiger partial charge < -0.3 is 9.72 Å². The molecule has 0 saturated carbocycles. The van der Waals surface area contributed by atoms with Gasteiger partial charge in [0, 0.05) is 30.1 Å². The first kappa shape index (κ1) is 11.6. The monoisotopic (exact) mass is 256 g/mol. The van der Waals surface area contributed by atoms with Crippen LogP contribution < -0.4 is 10.3 Å². The summed E-state index contributed by atoms with van der Waals surface area (Å²) >= 11 is 0. The maximum atomic E-state index is 12.1. The van der Waals surface area contributed by atoms with Gasteiger partial charge in [0.25, 0.3) is 5.56 Å². The average Bonchev–Trinajstić information content (AvgIpc) is 2.38. The first-order valence-electron chi connectivity index (χ1n) is 5.99. The fourth-order valence-electron chi connectivity index (χ4n) is 2.40. The predicted molar refractivity (Wildman–Crippen MR) is 68.1 cm³/mol. The van der Waals surface area contributed by atoms with Crippen LogP contribution in [0, 0.1) is 6.92 Å². The molecule has 1 aliphatic rings. The highest BCUT2D eigenvalue weighted by Gasteiger charge is 2.31. The second kappa shape index (κ2) is 4.35. The minimum atomic E-state index is -0.320. The summed E-state index contributed by atoms with van der Waals surface area (Å²) in [5.41, 5.74) is 1.87. The molecule has 0 bridgehead atoms. The molecule has 0 aliphatic carbocycles. The predicted octanol–water partition coefficient (Wildman–Crippen LogP) is 1.52. The Morgan fingerprint density at radius 3 is 2.79 bits per heavy atom. The minimum absolute atomic E-state index is 0.170. The van der Waals surface area contributed by atoms with Crippen LogP contribution in [0.25, 0.3) is 0 Å². The minimum Gasteiger partial charge on any atom is -0.426 e. The molecule has 3 heterocycles. The molecule has 1 N–H and O–H groups in total. The average molecular weight is 256 g/mol. The van der Waals surface area contributed by atoms with E-state index in [1.807, 2.05) is 12.1 Å². The quantitative estimate of drug-likeness (QED) is 0.785. The van der Waals surface area contributed by atoms with E-state index in [-0.39, 0.29) is 23.9 Å². The maximum absolute atomic E-state index is 12.1. The Hall–Kier alpha value is -2.43. The zero-order chi connectivity index (χ0) is 13.4. The highest BCUT2D eigenvalue weighted by molar-refractivity contribution is 5.77. The Morgan fingerprint density at radius 2 is 2.05 bits per heavy atom. The van der Waals surface area contributed by atoms with Gasteiger partial charge in [-0.3, -0.25) is 14.6 Å². The number of esters is 1. The summed E-state index contributed by atoms with van der Waals surface area (Å²) in [6.45, 7) is 1.76.